The SMILES string of the molecule is Cc1cn(-c2ccccc2)nc1C1CC1. The Bertz CT molecular complexity index is 467. The predicted molar refractivity (Wildman–Crippen MR) is 60.3 cm³/mol. The fourth-order valence-electron chi connectivity index (χ4n) is 1.95. The lowest BCUT2D eigenvalue weighted by Gasteiger charge is -1.99. The van der Waals surface area contributed by atoms with E-state index >= 15 is 0 Å². The standard InChI is InChI=1S/C13H14N2/c1-10-9-15(12-5-3-2-4-6-12)14-13(10)11-7-8-11/h2-6,9,11H,7-8H2,1H3. The quantitative estimate of drug-likeness (QED) is 0.725. The molecular formula is C13H14N2. The molecule has 1 heterocycles. The van der Waals surface area contributed by atoms with E-state index < -0.39 is 0 Å². The molecule has 0 radical (unpaired) electrons. The summed E-state index contributed by atoms with van der Waals surface area (Å²) in [5.41, 5.74) is 3.76. The Labute approximate surface area is 89.5 Å². The van der Waals surface area contributed by atoms with Gasteiger partial charge in [-0.15, -0.1) is 0 Å². The second-order valence-electron chi connectivity index (χ2n) is 4.25. The van der Waals surface area contributed by atoms with Gasteiger partial charge in [0.2, 0.25) is 0 Å². The molecule has 0 unspecified atom stereocenters. The van der Waals surface area contributed by atoms with Crippen LogP contribution in [0.25, 0.3) is 5.69 Å². The van der Waals surface area contributed by atoms with E-state index in [1.807, 2.05) is 22.9 Å². The summed E-state index contributed by atoms with van der Waals surface area (Å²) in [5, 5.41) is 4.66. The van der Waals surface area contributed by atoms with E-state index in [2.05, 4.69) is 30.4 Å². The molecule has 1 aliphatic rings. The Morgan fingerprint density at radius 1 is 1.20 bits per heavy atom. The zero-order valence-corrected chi connectivity index (χ0v) is 8.85. The third-order valence-corrected chi connectivity index (χ3v) is 2.92. The number of aryl methyl sites for hydroxylation is 1. The van der Waals surface area contributed by atoms with Crippen LogP contribution in [0.15, 0.2) is 36.5 Å². The molecule has 15 heavy (non-hydrogen) atoms. The molecule has 0 bridgehead atoms. The average molecular weight is 198 g/mol. The molecule has 0 N–H and O–H groups in total. The lowest BCUT2D eigenvalue weighted by atomic mass is 10.2. The highest BCUT2D eigenvalue weighted by molar-refractivity contribution is 5.33. The third-order valence-electron chi connectivity index (χ3n) is 2.92. The van der Waals surface area contributed by atoms with Gasteiger partial charge < -0.3 is 0 Å². The summed E-state index contributed by atoms with van der Waals surface area (Å²) in [6.45, 7) is 2.15. The topological polar surface area (TPSA) is 17.8 Å². The fraction of sp³-hybridized carbons (Fsp3) is 0.308. The second-order valence-corrected chi connectivity index (χ2v) is 4.25. The number of hydrogen-bond acceptors (Lipinski definition) is 1. The van der Waals surface area contributed by atoms with Crippen LogP contribution >= 0.6 is 0 Å². The molecule has 76 valence electrons. The van der Waals surface area contributed by atoms with E-state index in [1.54, 1.807) is 0 Å². The molecule has 2 heteroatoms. The van der Waals surface area contributed by atoms with Gasteiger partial charge in [-0.1, -0.05) is 18.2 Å². The first-order valence-corrected chi connectivity index (χ1v) is 5.46. The number of benzene rings is 1. The number of para-hydroxylation sites is 1. The molecule has 2 nitrogen and oxygen atoms in total. The number of aromatic nitrogens is 2. The highest BCUT2D eigenvalue weighted by Crippen LogP contribution is 2.40. The third kappa shape index (κ3) is 1.56. The van der Waals surface area contributed by atoms with Crippen molar-refractivity contribution < 1.29 is 0 Å². The van der Waals surface area contributed by atoms with Gasteiger partial charge in [0, 0.05) is 12.1 Å². The van der Waals surface area contributed by atoms with Crippen molar-refractivity contribution in [2.75, 3.05) is 0 Å². The number of nitrogens with zero attached hydrogens (tertiary/aromatic N) is 2. The Morgan fingerprint density at radius 3 is 2.60 bits per heavy atom. The van der Waals surface area contributed by atoms with Crippen LogP contribution in [0.3, 0.4) is 0 Å². The first kappa shape index (κ1) is 8.72. The van der Waals surface area contributed by atoms with Crippen molar-refractivity contribution in [3.8, 4) is 5.69 Å². The van der Waals surface area contributed by atoms with Crippen molar-refractivity contribution in [1.82, 2.24) is 9.78 Å². The molecule has 1 fully saturated rings. The van der Waals surface area contributed by atoms with E-state index in [0.29, 0.717) is 0 Å². The highest BCUT2D eigenvalue weighted by Gasteiger charge is 2.27. The van der Waals surface area contributed by atoms with Crippen LogP contribution in [0.1, 0.15) is 30.0 Å². The van der Waals surface area contributed by atoms with Crippen LogP contribution in [-0.4, -0.2) is 9.78 Å². The molecule has 0 saturated heterocycles. The van der Waals surface area contributed by atoms with Gasteiger partial charge in [-0.3, -0.25) is 0 Å². The van der Waals surface area contributed by atoms with Gasteiger partial charge in [0.15, 0.2) is 0 Å². The Kier molecular flexibility index (Phi) is 1.88. The summed E-state index contributed by atoms with van der Waals surface area (Å²) >= 11 is 0. The summed E-state index contributed by atoms with van der Waals surface area (Å²) < 4.78 is 1.99. The average Bonchev–Trinajstić information content (AvgIpc) is 3.04. The van der Waals surface area contributed by atoms with Crippen molar-refractivity contribution in [1.29, 1.82) is 0 Å². The summed E-state index contributed by atoms with van der Waals surface area (Å²) in [5.74, 6) is 0.731. The first-order valence-electron chi connectivity index (χ1n) is 5.46. The van der Waals surface area contributed by atoms with E-state index in [9.17, 15) is 0 Å². The minimum atomic E-state index is 0.731. The van der Waals surface area contributed by atoms with E-state index in [4.69, 9.17) is 0 Å². The number of rotatable bonds is 2. The van der Waals surface area contributed by atoms with Gasteiger partial charge in [0.05, 0.1) is 11.4 Å². The predicted octanol–water partition coefficient (Wildman–Crippen LogP) is 3.06. The Hall–Kier alpha value is -1.57. The molecule has 0 spiro atoms. The molecule has 1 aliphatic carbocycles. The van der Waals surface area contributed by atoms with Gasteiger partial charge in [-0.2, -0.15) is 5.10 Å². The second kappa shape index (κ2) is 3.23. The molecule has 2 aromatic rings. The minimum absolute atomic E-state index is 0.731. The van der Waals surface area contributed by atoms with Gasteiger partial charge in [-0.05, 0) is 37.5 Å². The molecule has 1 aromatic heterocycles. The largest absolute Gasteiger partial charge is 0.240 e. The van der Waals surface area contributed by atoms with Crippen LogP contribution in [0.5, 0.6) is 0 Å². The van der Waals surface area contributed by atoms with Crippen LogP contribution in [0.2, 0.25) is 0 Å². The maximum absolute atomic E-state index is 4.66. The van der Waals surface area contributed by atoms with Gasteiger partial charge >= 0.3 is 0 Å². The highest BCUT2D eigenvalue weighted by atomic mass is 15.3. The molecule has 0 atom stereocenters. The zero-order valence-electron chi connectivity index (χ0n) is 8.85. The molecule has 1 aromatic carbocycles. The van der Waals surface area contributed by atoms with Crippen molar-refractivity contribution in [2.45, 2.75) is 25.7 Å². The van der Waals surface area contributed by atoms with E-state index in [0.717, 1.165) is 11.6 Å². The molecule has 0 aliphatic heterocycles. The Morgan fingerprint density at radius 2 is 1.93 bits per heavy atom. The maximum Gasteiger partial charge on any atom is 0.0689 e. The van der Waals surface area contributed by atoms with Gasteiger partial charge in [-0.25, -0.2) is 4.68 Å². The smallest absolute Gasteiger partial charge is 0.0689 e. The minimum Gasteiger partial charge on any atom is -0.240 e. The van der Waals surface area contributed by atoms with Crippen LogP contribution in [-0.2, 0) is 0 Å². The van der Waals surface area contributed by atoms with Crippen molar-refractivity contribution >= 4 is 0 Å². The van der Waals surface area contributed by atoms with Gasteiger partial charge in [0.1, 0.15) is 0 Å². The summed E-state index contributed by atoms with van der Waals surface area (Å²) in [7, 11) is 0. The van der Waals surface area contributed by atoms with Crippen LogP contribution < -0.4 is 0 Å². The normalized spacial score (nSPS) is 15.5. The summed E-state index contributed by atoms with van der Waals surface area (Å²) in [6, 6.07) is 10.3. The number of hydrogen-bond donors (Lipinski definition) is 0. The summed E-state index contributed by atoms with van der Waals surface area (Å²) in [6.07, 6.45) is 4.75. The van der Waals surface area contributed by atoms with Crippen molar-refractivity contribution in [2.24, 2.45) is 0 Å². The molecule has 0 amide bonds. The summed E-state index contributed by atoms with van der Waals surface area (Å²) in [4.78, 5) is 0. The maximum atomic E-state index is 4.66. The first-order chi connectivity index (χ1) is 7.34. The lowest BCUT2D eigenvalue weighted by molar-refractivity contribution is 0.837. The zero-order chi connectivity index (χ0) is 10.3. The van der Waals surface area contributed by atoms with E-state index in [1.165, 1.54) is 24.1 Å². The van der Waals surface area contributed by atoms with Crippen molar-refractivity contribution in [3.63, 3.8) is 0 Å². The fourth-order valence-corrected chi connectivity index (χ4v) is 1.95. The van der Waals surface area contributed by atoms with Crippen LogP contribution in [0, 0.1) is 6.92 Å². The lowest BCUT2D eigenvalue weighted by Crippen LogP contribution is -1.94. The Balaban J connectivity index is 2.02. The molecular weight excluding hydrogens is 184 g/mol. The monoisotopic (exact) mass is 198 g/mol. The molecule has 3 rings (SSSR count). The van der Waals surface area contributed by atoms with Crippen LogP contribution in [0.4, 0.5) is 0 Å². The van der Waals surface area contributed by atoms with Gasteiger partial charge in [0.25, 0.3) is 0 Å². The van der Waals surface area contributed by atoms with Crippen molar-refractivity contribution in [3.05, 3.63) is 47.8 Å². The van der Waals surface area contributed by atoms with E-state index in [-0.39, 0.29) is 0 Å². The molecule has 1 saturated carbocycles.